The topological polar surface area (TPSA) is 72.8 Å². The van der Waals surface area contributed by atoms with Gasteiger partial charge in [-0.2, -0.15) is 0 Å². The SMILES string of the molecule is CC1(C)OC(=O)C(=Cc2cc(F)c(O)c(Cl)c2)C(=O)O1. The molecule has 106 valence electrons. The number of rotatable bonds is 1. The number of cyclic esters (lactones) is 2. The van der Waals surface area contributed by atoms with Gasteiger partial charge < -0.3 is 14.6 Å². The molecule has 1 heterocycles. The zero-order valence-corrected chi connectivity index (χ0v) is 11.3. The highest BCUT2D eigenvalue weighted by atomic mass is 35.5. The summed E-state index contributed by atoms with van der Waals surface area (Å²) < 4.78 is 23.1. The van der Waals surface area contributed by atoms with Crippen molar-refractivity contribution in [3.05, 3.63) is 34.1 Å². The fraction of sp³-hybridized carbons (Fsp3) is 0.231. The number of hydrogen-bond donors (Lipinski definition) is 1. The van der Waals surface area contributed by atoms with Crippen LogP contribution in [-0.2, 0) is 19.1 Å². The lowest BCUT2D eigenvalue weighted by molar-refractivity contribution is -0.222. The fourth-order valence-corrected chi connectivity index (χ4v) is 1.83. The van der Waals surface area contributed by atoms with Gasteiger partial charge in [0.05, 0.1) is 5.02 Å². The Bertz CT molecular complexity index is 591. The van der Waals surface area contributed by atoms with Crippen molar-refractivity contribution in [2.45, 2.75) is 19.6 Å². The van der Waals surface area contributed by atoms with Crippen molar-refractivity contribution in [2.75, 3.05) is 0 Å². The summed E-state index contributed by atoms with van der Waals surface area (Å²) in [4.78, 5) is 23.4. The number of phenolic OH excluding ortho intramolecular Hbond substituents is 1. The van der Waals surface area contributed by atoms with Gasteiger partial charge in [0.25, 0.3) is 5.79 Å². The Kier molecular flexibility index (Phi) is 3.43. The zero-order chi connectivity index (χ0) is 15.1. The van der Waals surface area contributed by atoms with Crippen molar-refractivity contribution in [3.8, 4) is 5.75 Å². The van der Waals surface area contributed by atoms with E-state index in [0.717, 1.165) is 12.1 Å². The van der Waals surface area contributed by atoms with Crippen LogP contribution in [0.25, 0.3) is 6.08 Å². The van der Waals surface area contributed by atoms with E-state index in [1.165, 1.54) is 19.9 Å². The normalized spacial score (nSPS) is 17.5. The molecule has 1 aliphatic rings. The molecule has 1 fully saturated rings. The Labute approximate surface area is 118 Å². The third-order valence-corrected chi connectivity index (χ3v) is 2.76. The van der Waals surface area contributed by atoms with Crippen molar-refractivity contribution in [3.63, 3.8) is 0 Å². The van der Waals surface area contributed by atoms with Gasteiger partial charge in [0.15, 0.2) is 11.6 Å². The highest BCUT2D eigenvalue weighted by molar-refractivity contribution is 6.32. The average molecular weight is 301 g/mol. The molecule has 0 atom stereocenters. The Balaban J connectivity index is 2.41. The molecule has 1 aromatic rings. The van der Waals surface area contributed by atoms with Crippen LogP contribution >= 0.6 is 11.6 Å². The van der Waals surface area contributed by atoms with Crippen molar-refractivity contribution in [2.24, 2.45) is 0 Å². The van der Waals surface area contributed by atoms with Gasteiger partial charge in [-0.1, -0.05) is 11.6 Å². The van der Waals surface area contributed by atoms with Crippen LogP contribution in [0.1, 0.15) is 19.4 Å². The van der Waals surface area contributed by atoms with Crippen LogP contribution in [0.2, 0.25) is 5.02 Å². The first-order valence-electron chi connectivity index (χ1n) is 5.56. The van der Waals surface area contributed by atoms with Gasteiger partial charge in [-0.05, 0) is 23.8 Å². The van der Waals surface area contributed by atoms with E-state index < -0.39 is 29.3 Å². The lowest BCUT2D eigenvalue weighted by atomic mass is 10.1. The summed E-state index contributed by atoms with van der Waals surface area (Å²) in [5, 5.41) is 8.96. The molecule has 5 nitrogen and oxygen atoms in total. The Morgan fingerprint density at radius 2 is 1.80 bits per heavy atom. The molecule has 0 aliphatic carbocycles. The Morgan fingerprint density at radius 3 is 2.30 bits per heavy atom. The molecule has 7 heteroatoms. The zero-order valence-electron chi connectivity index (χ0n) is 10.6. The van der Waals surface area contributed by atoms with Gasteiger partial charge in [0.1, 0.15) is 5.57 Å². The van der Waals surface area contributed by atoms with E-state index in [1.54, 1.807) is 0 Å². The minimum Gasteiger partial charge on any atom is -0.504 e. The number of benzene rings is 1. The highest BCUT2D eigenvalue weighted by Crippen LogP contribution is 2.30. The van der Waals surface area contributed by atoms with E-state index >= 15 is 0 Å². The average Bonchev–Trinajstić information content (AvgIpc) is 2.29. The first-order chi connectivity index (χ1) is 9.19. The summed E-state index contributed by atoms with van der Waals surface area (Å²) in [5.74, 6) is -4.78. The molecule has 0 saturated carbocycles. The van der Waals surface area contributed by atoms with Crippen molar-refractivity contribution in [1.29, 1.82) is 0 Å². The second-order valence-corrected chi connectivity index (χ2v) is 4.98. The number of hydrogen-bond acceptors (Lipinski definition) is 5. The van der Waals surface area contributed by atoms with Crippen LogP contribution in [0.15, 0.2) is 17.7 Å². The van der Waals surface area contributed by atoms with E-state index in [2.05, 4.69) is 0 Å². The maximum Gasteiger partial charge on any atom is 0.348 e. The van der Waals surface area contributed by atoms with Crippen LogP contribution in [-0.4, -0.2) is 22.8 Å². The number of carbonyl (C=O) groups is 2. The van der Waals surface area contributed by atoms with E-state index in [0.29, 0.717) is 0 Å². The molecule has 0 bridgehead atoms. The molecule has 20 heavy (non-hydrogen) atoms. The second kappa shape index (κ2) is 4.79. The van der Waals surface area contributed by atoms with Gasteiger partial charge in [-0.15, -0.1) is 0 Å². The number of carbonyl (C=O) groups excluding carboxylic acids is 2. The summed E-state index contributed by atoms with van der Waals surface area (Å²) in [6, 6.07) is 2.13. The maximum atomic E-state index is 13.3. The highest BCUT2D eigenvalue weighted by Gasteiger charge is 2.38. The Morgan fingerprint density at radius 1 is 1.25 bits per heavy atom. The summed E-state index contributed by atoms with van der Waals surface area (Å²) >= 11 is 5.60. The number of aromatic hydroxyl groups is 1. The summed E-state index contributed by atoms with van der Waals surface area (Å²) in [5.41, 5.74) is -0.264. The second-order valence-electron chi connectivity index (χ2n) is 4.57. The van der Waals surface area contributed by atoms with Crippen LogP contribution in [0.3, 0.4) is 0 Å². The molecule has 1 N–H and O–H groups in total. The number of esters is 2. The third kappa shape index (κ3) is 2.75. The minimum atomic E-state index is -1.34. The lowest BCUT2D eigenvalue weighted by Crippen LogP contribution is -2.41. The van der Waals surface area contributed by atoms with Crippen molar-refractivity contribution in [1.82, 2.24) is 0 Å². The van der Waals surface area contributed by atoms with Gasteiger partial charge in [-0.25, -0.2) is 14.0 Å². The summed E-state index contributed by atoms with van der Waals surface area (Å²) in [6.45, 7) is 2.83. The lowest BCUT2D eigenvalue weighted by Gasteiger charge is -2.29. The van der Waals surface area contributed by atoms with E-state index in [1.807, 2.05) is 0 Å². The molecular weight excluding hydrogens is 291 g/mol. The van der Waals surface area contributed by atoms with Crippen LogP contribution in [0, 0.1) is 5.82 Å². The van der Waals surface area contributed by atoms with Crippen LogP contribution in [0.4, 0.5) is 4.39 Å². The van der Waals surface area contributed by atoms with Crippen molar-refractivity contribution < 1.29 is 28.6 Å². The quantitative estimate of drug-likeness (QED) is 0.490. The van der Waals surface area contributed by atoms with Crippen LogP contribution in [0.5, 0.6) is 5.75 Å². The largest absolute Gasteiger partial charge is 0.504 e. The molecule has 1 saturated heterocycles. The van der Waals surface area contributed by atoms with E-state index in [4.69, 9.17) is 21.1 Å². The third-order valence-electron chi connectivity index (χ3n) is 2.47. The maximum absolute atomic E-state index is 13.3. The smallest absolute Gasteiger partial charge is 0.348 e. The van der Waals surface area contributed by atoms with Gasteiger partial charge in [0, 0.05) is 13.8 Å². The molecule has 0 radical (unpaired) electrons. The Hall–Kier alpha value is -2.08. The molecular formula is C13H10ClFO5. The fourth-order valence-electron chi connectivity index (χ4n) is 1.61. The first kappa shape index (κ1) is 14.3. The number of ether oxygens (including phenoxy) is 2. The summed E-state index contributed by atoms with van der Waals surface area (Å²) in [6.07, 6.45) is 1.08. The molecule has 1 aromatic carbocycles. The predicted octanol–water partition coefficient (Wildman–Crippen LogP) is 2.40. The monoisotopic (exact) mass is 300 g/mol. The molecule has 1 aliphatic heterocycles. The standard InChI is InChI=1S/C13H10ClFO5/c1-13(2)19-11(17)7(12(18)20-13)3-6-4-8(14)10(16)9(15)5-6/h3-5,16H,1-2H3. The number of phenols is 1. The van der Waals surface area contributed by atoms with E-state index in [9.17, 15) is 19.1 Å². The van der Waals surface area contributed by atoms with Gasteiger partial charge in [0.2, 0.25) is 0 Å². The minimum absolute atomic E-state index is 0.119. The molecule has 0 spiro atoms. The summed E-state index contributed by atoms with van der Waals surface area (Å²) in [7, 11) is 0. The molecule has 2 rings (SSSR count). The van der Waals surface area contributed by atoms with Gasteiger partial charge >= 0.3 is 11.9 Å². The first-order valence-corrected chi connectivity index (χ1v) is 5.94. The molecule has 0 aromatic heterocycles. The predicted molar refractivity (Wildman–Crippen MR) is 67.3 cm³/mol. The number of halogens is 2. The van der Waals surface area contributed by atoms with Gasteiger partial charge in [-0.3, -0.25) is 0 Å². The molecule has 0 amide bonds. The molecule has 0 unspecified atom stereocenters. The van der Waals surface area contributed by atoms with Crippen LogP contribution < -0.4 is 0 Å². The van der Waals surface area contributed by atoms with Crippen molar-refractivity contribution >= 4 is 29.6 Å². The van der Waals surface area contributed by atoms with E-state index in [-0.39, 0.29) is 16.2 Å².